The number of hydrogen-bond donors (Lipinski definition) is 1. The Morgan fingerprint density at radius 2 is 1.79 bits per heavy atom. The van der Waals surface area contributed by atoms with Crippen LogP contribution in [0.4, 0.5) is 5.69 Å². The van der Waals surface area contributed by atoms with Crippen LogP contribution in [0.15, 0.2) is 42.5 Å². The van der Waals surface area contributed by atoms with Gasteiger partial charge in [0.05, 0.1) is 11.9 Å². The summed E-state index contributed by atoms with van der Waals surface area (Å²) in [6.45, 7) is 6.00. The fourth-order valence-corrected chi connectivity index (χ4v) is 5.05. The molecule has 0 aliphatic rings. The van der Waals surface area contributed by atoms with Crippen LogP contribution in [0, 0.1) is 6.92 Å². The van der Waals surface area contributed by atoms with Crippen molar-refractivity contribution in [3.63, 3.8) is 0 Å². The molecule has 10 heteroatoms. The third-order valence-electron chi connectivity index (χ3n) is 5.41. The van der Waals surface area contributed by atoms with Gasteiger partial charge in [-0.3, -0.25) is 13.9 Å². The first-order valence-corrected chi connectivity index (χ1v) is 13.6. The quantitative estimate of drug-likeness (QED) is 0.469. The maximum Gasteiger partial charge on any atom is 0.242 e. The number of likely N-dealkylation sites (N-methyl/N-ethyl adjacent to an activating group) is 1. The second-order valence-electron chi connectivity index (χ2n) is 8.05. The van der Waals surface area contributed by atoms with E-state index in [-0.39, 0.29) is 37.7 Å². The van der Waals surface area contributed by atoms with Gasteiger partial charge in [-0.2, -0.15) is 0 Å². The molecule has 0 aliphatic carbocycles. The molecule has 2 aromatic carbocycles. The van der Waals surface area contributed by atoms with Crippen molar-refractivity contribution in [2.75, 3.05) is 23.7 Å². The van der Waals surface area contributed by atoms with Crippen LogP contribution in [0.2, 0.25) is 10.0 Å². The van der Waals surface area contributed by atoms with Gasteiger partial charge in [0.25, 0.3) is 0 Å². The molecule has 0 spiro atoms. The number of nitrogens with zero attached hydrogens (tertiary/aromatic N) is 2. The molecule has 0 fully saturated rings. The largest absolute Gasteiger partial charge is 0.355 e. The normalized spacial score (nSPS) is 12.2. The molecule has 7 nitrogen and oxygen atoms in total. The number of hydrogen-bond acceptors (Lipinski definition) is 4. The minimum absolute atomic E-state index is 0.0624. The number of halogens is 2. The SMILES string of the molecule is CCNC(=O)C(C)N(Cc1ccc(Cl)cc1Cl)C(=O)CCCN(c1ccccc1C)S(C)(=O)=O. The van der Waals surface area contributed by atoms with E-state index in [0.29, 0.717) is 27.8 Å². The number of carbonyl (C=O) groups is 2. The van der Waals surface area contributed by atoms with Crippen molar-refractivity contribution in [1.29, 1.82) is 0 Å². The van der Waals surface area contributed by atoms with Crippen LogP contribution in [0.5, 0.6) is 0 Å². The Labute approximate surface area is 212 Å². The summed E-state index contributed by atoms with van der Waals surface area (Å²) in [4.78, 5) is 27.2. The fraction of sp³-hybridized carbons (Fsp3) is 0.417. The van der Waals surface area contributed by atoms with Gasteiger partial charge in [-0.1, -0.05) is 47.5 Å². The number of anilines is 1. The third kappa shape index (κ3) is 7.61. The van der Waals surface area contributed by atoms with E-state index in [9.17, 15) is 18.0 Å². The highest BCUT2D eigenvalue weighted by Gasteiger charge is 2.27. The van der Waals surface area contributed by atoms with E-state index in [2.05, 4.69) is 5.32 Å². The van der Waals surface area contributed by atoms with Crippen molar-refractivity contribution in [2.45, 2.75) is 46.2 Å². The fourth-order valence-electron chi connectivity index (χ4n) is 3.56. The average molecular weight is 529 g/mol. The predicted octanol–water partition coefficient (Wildman–Crippen LogP) is 4.40. The first-order chi connectivity index (χ1) is 16.0. The maximum atomic E-state index is 13.2. The molecule has 0 saturated heterocycles. The summed E-state index contributed by atoms with van der Waals surface area (Å²) >= 11 is 12.3. The standard InChI is InChI=1S/C24H31Cl2N3O4S/c1-5-27-24(31)18(3)28(16-19-12-13-20(25)15-21(19)26)23(30)11-8-14-29(34(4,32)33)22-10-7-6-9-17(22)2/h6-7,9-10,12-13,15,18H,5,8,11,14,16H2,1-4H3,(H,27,31). The zero-order chi connectivity index (χ0) is 25.5. The average Bonchev–Trinajstić information content (AvgIpc) is 2.75. The highest BCUT2D eigenvalue weighted by Crippen LogP contribution is 2.25. The first kappa shape index (κ1) is 28.0. The molecule has 0 radical (unpaired) electrons. The lowest BCUT2D eigenvalue weighted by molar-refractivity contribution is -0.140. The van der Waals surface area contributed by atoms with Crippen LogP contribution in [-0.2, 0) is 26.2 Å². The summed E-state index contributed by atoms with van der Waals surface area (Å²) in [7, 11) is -3.54. The van der Waals surface area contributed by atoms with Gasteiger partial charge in [0.1, 0.15) is 6.04 Å². The lowest BCUT2D eigenvalue weighted by atomic mass is 10.1. The van der Waals surface area contributed by atoms with Crippen LogP contribution in [-0.4, -0.2) is 50.5 Å². The molecule has 0 aromatic heterocycles. The predicted molar refractivity (Wildman–Crippen MR) is 138 cm³/mol. The number of sulfonamides is 1. The molecule has 2 rings (SSSR count). The number of carbonyl (C=O) groups excluding carboxylic acids is 2. The number of amides is 2. The topological polar surface area (TPSA) is 86.8 Å². The maximum absolute atomic E-state index is 13.2. The molecule has 0 heterocycles. The van der Waals surface area contributed by atoms with Gasteiger partial charge >= 0.3 is 0 Å². The van der Waals surface area contributed by atoms with E-state index < -0.39 is 16.1 Å². The van der Waals surface area contributed by atoms with Crippen molar-refractivity contribution in [2.24, 2.45) is 0 Å². The van der Waals surface area contributed by atoms with Crippen molar-refractivity contribution in [3.8, 4) is 0 Å². The third-order valence-corrected chi connectivity index (χ3v) is 7.18. The van der Waals surface area contributed by atoms with E-state index in [0.717, 1.165) is 11.8 Å². The lowest BCUT2D eigenvalue weighted by Gasteiger charge is -2.30. The molecule has 1 atom stereocenters. The number of aryl methyl sites for hydroxylation is 1. The zero-order valence-electron chi connectivity index (χ0n) is 19.8. The summed E-state index contributed by atoms with van der Waals surface area (Å²) in [6, 6.07) is 11.4. The molecule has 0 saturated carbocycles. The Bertz CT molecular complexity index is 1120. The molecule has 186 valence electrons. The second kappa shape index (κ2) is 12.4. The Balaban J connectivity index is 2.20. The van der Waals surface area contributed by atoms with Crippen LogP contribution >= 0.6 is 23.2 Å². The van der Waals surface area contributed by atoms with Crippen molar-refractivity contribution >= 4 is 50.7 Å². The molecule has 0 aliphatic heterocycles. The Morgan fingerprint density at radius 1 is 1.12 bits per heavy atom. The van der Waals surface area contributed by atoms with Crippen molar-refractivity contribution in [3.05, 3.63) is 63.6 Å². The first-order valence-electron chi connectivity index (χ1n) is 11.0. The van der Waals surface area contributed by atoms with E-state index in [1.165, 1.54) is 9.21 Å². The van der Waals surface area contributed by atoms with Crippen LogP contribution in [0.25, 0.3) is 0 Å². The summed E-state index contributed by atoms with van der Waals surface area (Å²) < 4.78 is 26.2. The van der Waals surface area contributed by atoms with Gasteiger partial charge < -0.3 is 10.2 Å². The van der Waals surface area contributed by atoms with Crippen LogP contribution in [0.3, 0.4) is 0 Å². The van der Waals surface area contributed by atoms with Gasteiger partial charge in [0.2, 0.25) is 21.8 Å². The minimum Gasteiger partial charge on any atom is -0.355 e. The van der Waals surface area contributed by atoms with Crippen LogP contribution in [0.1, 0.15) is 37.8 Å². The molecular formula is C24H31Cl2N3O4S. The highest BCUT2D eigenvalue weighted by molar-refractivity contribution is 7.92. The molecular weight excluding hydrogens is 497 g/mol. The number of para-hydroxylation sites is 1. The zero-order valence-corrected chi connectivity index (χ0v) is 22.2. The summed E-state index contributed by atoms with van der Waals surface area (Å²) in [5.74, 6) is -0.554. The molecule has 0 bridgehead atoms. The summed E-state index contributed by atoms with van der Waals surface area (Å²) in [5, 5.41) is 3.61. The van der Waals surface area contributed by atoms with E-state index in [1.807, 2.05) is 19.1 Å². The molecule has 1 unspecified atom stereocenters. The number of rotatable bonds is 11. The second-order valence-corrected chi connectivity index (χ2v) is 10.8. The van der Waals surface area contributed by atoms with Crippen molar-refractivity contribution in [1.82, 2.24) is 10.2 Å². The molecule has 2 aromatic rings. The number of benzene rings is 2. The number of nitrogens with one attached hydrogen (secondary N) is 1. The summed E-state index contributed by atoms with van der Waals surface area (Å²) in [6.07, 6.45) is 1.49. The molecule has 34 heavy (non-hydrogen) atoms. The Kier molecular flexibility index (Phi) is 10.2. The van der Waals surface area contributed by atoms with Crippen molar-refractivity contribution < 1.29 is 18.0 Å². The van der Waals surface area contributed by atoms with E-state index in [1.54, 1.807) is 44.2 Å². The Hall–Kier alpha value is -2.29. The Morgan fingerprint density at radius 3 is 2.38 bits per heavy atom. The minimum atomic E-state index is -3.54. The van der Waals surface area contributed by atoms with E-state index in [4.69, 9.17) is 23.2 Å². The molecule has 2 amide bonds. The lowest BCUT2D eigenvalue weighted by Crippen LogP contribution is -2.47. The van der Waals surface area contributed by atoms with Gasteiger partial charge in [-0.25, -0.2) is 8.42 Å². The van der Waals surface area contributed by atoms with Gasteiger partial charge in [-0.05, 0) is 56.5 Å². The van der Waals surface area contributed by atoms with Gasteiger partial charge in [-0.15, -0.1) is 0 Å². The van der Waals surface area contributed by atoms with E-state index >= 15 is 0 Å². The van der Waals surface area contributed by atoms with Gasteiger partial charge in [0, 0.05) is 36.1 Å². The molecule has 1 N–H and O–H groups in total. The van der Waals surface area contributed by atoms with Crippen LogP contribution < -0.4 is 9.62 Å². The highest BCUT2D eigenvalue weighted by atomic mass is 35.5. The summed E-state index contributed by atoms with van der Waals surface area (Å²) in [5.41, 5.74) is 2.06. The monoisotopic (exact) mass is 527 g/mol. The van der Waals surface area contributed by atoms with Gasteiger partial charge in [0.15, 0.2) is 0 Å². The smallest absolute Gasteiger partial charge is 0.242 e.